The molecular weight excluding hydrogens is 316 g/mol. The molecule has 25 heavy (non-hydrogen) atoms. The molecule has 2 aromatic carbocycles. The van der Waals surface area contributed by atoms with Crippen LogP contribution in [0.2, 0.25) is 0 Å². The van der Waals surface area contributed by atoms with E-state index in [0.29, 0.717) is 24.9 Å². The summed E-state index contributed by atoms with van der Waals surface area (Å²) in [7, 11) is 3.98. The minimum absolute atomic E-state index is 0.0503. The van der Waals surface area contributed by atoms with Crippen molar-refractivity contribution in [3.8, 4) is 0 Å². The number of aryl methyl sites for hydroxylation is 2. The van der Waals surface area contributed by atoms with Gasteiger partial charge in [0.2, 0.25) is 5.91 Å². The molecule has 0 radical (unpaired) electrons. The third kappa shape index (κ3) is 6.30. The molecule has 0 atom stereocenters. The summed E-state index contributed by atoms with van der Waals surface area (Å²) in [6.07, 6.45) is 1.61. The molecule has 0 fully saturated rings. The summed E-state index contributed by atoms with van der Waals surface area (Å²) in [5, 5.41) is 11.6. The summed E-state index contributed by atoms with van der Waals surface area (Å²) >= 11 is 0. The molecule has 0 saturated heterocycles. The quantitative estimate of drug-likeness (QED) is 0.773. The third-order valence-electron chi connectivity index (χ3n) is 3.91. The molecule has 0 heterocycles. The van der Waals surface area contributed by atoms with Crippen molar-refractivity contribution in [3.05, 3.63) is 59.7 Å². The first-order valence-corrected chi connectivity index (χ1v) is 8.31. The Balaban J connectivity index is 1.89. The number of carboxylic acid groups (broad SMARTS) is 1. The van der Waals surface area contributed by atoms with Gasteiger partial charge in [-0.1, -0.05) is 24.3 Å². The van der Waals surface area contributed by atoms with E-state index in [1.54, 1.807) is 0 Å². The van der Waals surface area contributed by atoms with Gasteiger partial charge >= 0.3 is 5.97 Å². The van der Waals surface area contributed by atoms with Crippen molar-refractivity contribution in [1.29, 1.82) is 0 Å². The van der Waals surface area contributed by atoms with E-state index in [1.165, 1.54) is 0 Å². The van der Waals surface area contributed by atoms with E-state index >= 15 is 0 Å². The number of hydrogen-bond acceptors (Lipinski definition) is 3. The fourth-order valence-corrected chi connectivity index (χ4v) is 2.53. The Morgan fingerprint density at radius 2 is 1.60 bits per heavy atom. The maximum absolute atomic E-state index is 12.2. The van der Waals surface area contributed by atoms with Crippen LogP contribution in [0.5, 0.6) is 0 Å². The highest BCUT2D eigenvalue weighted by Gasteiger charge is 2.06. The summed E-state index contributed by atoms with van der Waals surface area (Å²) in [4.78, 5) is 24.8. The van der Waals surface area contributed by atoms with Gasteiger partial charge in [0.05, 0.1) is 0 Å². The molecule has 5 heteroatoms. The SMILES string of the molecule is CN(C)c1cccc(CCC(=O)Nc2cccc(CCC(=O)O)c2)c1. The zero-order valence-corrected chi connectivity index (χ0v) is 14.7. The standard InChI is InChI=1S/C20H24N2O3/c1-22(2)18-8-4-6-16(14-18)9-11-19(23)21-17-7-3-5-15(13-17)10-12-20(24)25/h3-8,13-14H,9-12H2,1-2H3,(H,21,23)(H,24,25). The van der Waals surface area contributed by atoms with Gasteiger partial charge in [-0.05, 0) is 48.2 Å². The number of nitrogens with zero attached hydrogens (tertiary/aromatic N) is 1. The topological polar surface area (TPSA) is 69.6 Å². The first-order chi connectivity index (χ1) is 11.9. The molecule has 0 spiro atoms. The average molecular weight is 340 g/mol. The van der Waals surface area contributed by atoms with Crippen LogP contribution in [0, 0.1) is 0 Å². The van der Waals surface area contributed by atoms with Gasteiger partial charge in [-0.3, -0.25) is 9.59 Å². The van der Waals surface area contributed by atoms with Gasteiger partial charge in [-0.25, -0.2) is 0 Å². The molecule has 2 aromatic rings. The maximum Gasteiger partial charge on any atom is 0.303 e. The van der Waals surface area contributed by atoms with Crippen molar-refractivity contribution in [1.82, 2.24) is 0 Å². The van der Waals surface area contributed by atoms with E-state index in [0.717, 1.165) is 16.8 Å². The molecule has 132 valence electrons. The number of carboxylic acids is 1. The Bertz CT molecular complexity index is 741. The highest BCUT2D eigenvalue weighted by atomic mass is 16.4. The van der Waals surface area contributed by atoms with Crippen LogP contribution < -0.4 is 10.2 Å². The second kappa shape index (κ2) is 8.87. The Morgan fingerprint density at radius 1 is 0.960 bits per heavy atom. The molecule has 1 amide bonds. The first kappa shape index (κ1) is 18.5. The van der Waals surface area contributed by atoms with E-state index in [4.69, 9.17) is 5.11 Å². The number of amides is 1. The van der Waals surface area contributed by atoms with Crippen molar-refractivity contribution in [2.45, 2.75) is 25.7 Å². The number of hydrogen-bond donors (Lipinski definition) is 2. The zero-order valence-electron chi connectivity index (χ0n) is 14.7. The van der Waals surface area contributed by atoms with E-state index in [2.05, 4.69) is 11.4 Å². The molecule has 0 aliphatic heterocycles. The number of rotatable bonds is 8. The molecule has 0 aliphatic carbocycles. The largest absolute Gasteiger partial charge is 0.481 e. The highest BCUT2D eigenvalue weighted by molar-refractivity contribution is 5.90. The molecule has 0 aromatic heterocycles. The number of aliphatic carboxylic acids is 1. The molecule has 2 rings (SSSR count). The molecule has 0 aliphatic rings. The van der Waals surface area contributed by atoms with Crippen molar-refractivity contribution in [3.63, 3.8) is 0 Å². The predicted molar refractivity (Wildman–Crippen MR) is 100 cm³/mol. The van der Waals surface area contributed by atoms with Gasteiger partial charge in [0.25, 0.3) is 0 Å². The summed E-state index contributed by atoms with van der Waals surface area (Å²) in [6, 6.07) is 15.5. The Hall–Kier alpha value is -2.82. The lowest BCUT2D eigenvalue weighted by molar-refractivity contribution is -0.137. The molecule has 0 unspecified atom stereocenters. The van der Waals surface area contributed by atoms with Crippen LogP contribution in [0.3, 0.4) is 0 Å². The number of nitrogens with one attached hydrogen (secondary N) is 1. The molecule has 0 bridgehead atoms. The fraction of sp³-hybridized carbons (Fsp3) is 0.300. The second-order valence-corrected chi connectivity index (χ2v) is 6.21. The Morgan fingerprint density at radius 3 is 2.28 bits per heavy atom. The molecule has 5 nitrogen and oxygen atoms in total. The minimum atomic E-state index is -0.825. The molecule has 2 N–H and O–H groups in total. The van der Waals surface area contributed by atoms with Crippen LogP contribution in [0.15, 0.2) is 48.5 Å². The zero-order chi connectivity index (χ0) is 18.2. The normalized spacial score (nSPS) is 10.3. The summed E-state index contributed by atoms with van der Waals surface area (Å²) in [6.45, 7) is 0. The van der Waals surface area contributed by atoms with Crippen LogP contribution in [0.25, 0.3) is 0 Å². The van der Waals surface area contributed by atoms with Gasteiger partial charge in [0.15, 0.2) is 0 Å². The average Bonchev–Trinajstić information content (AvgIpc) is 2.59. The molecular formula is C20H24N2O3. The van der Waals surface area contributed by atoms with Gasteiger partial charge < -0.3 is 15.3 Å². The first-order valence-electron chi connectivity index (χ1n) is 8.31. The van der Waals surface area contributed by atoms with Crippen molar-refractivity contribution in [2.75, 3.05) is 24.3 Å². The lowest BCUT2D eigenvalue weighted by Crippen LogP contribution is -2.13. The van der Waals surface area contributed by atoms with Crippen LogP contribution in [0.1, 0.15) is 24.0 Å². The highest BCUT2D eigenvalue weighted by Crippen LogP contribution is 2.16. The monoisotopic (exact) mass is 340 g/mol. The minimum Gasteiger partial charge on any atom is -0.481 e. The number of anilines is 2. The third-order valence-corrected chi connectivity index (χ3v) is 3.91. The van der Waals surface area contributed by atoms with Gasteiger partial charge in [0, 0.05) is 38.3 Å². The van der Waals surface area contributed by atoms with Crippen molar-refractivity contribution < 1.29 is 14.7 Å². The predicted octanol–water partition coefficient (Wildman–Crippen LogP) is 3.34. The summed E-state index contributed by atoms with van der Waals surface area (Å²) in [5.74, 6) is -0.875. The van der Waals surface area contributed by atoms with Crippen molar-refractivity contribution in [2.24, 2.45) is 0 Å². The smallest absolute Gasteiger partial charge is 0.303 e. The number of benzene rings is 2. The molecule has 0 saturated carbocycles. The Kier molecular flexibility index (Phi) is 6.57. The van der Waals surface area contributed by atoms with Gasteiger partial charge in [-0.15, -0.1) is 0 Å². The van der Waals surface area contributed by atoms with Crippen LogP contribution >= 0.6 is 0 Å². The fourth-order valence-electron chi connectivity index (χ4n) is 2.53. The van der Waals surface area contributed by atoms with E-state index in [-0.39, 0.29) is 12.3 Å². The van der Waals surface area contributed by atoms with Gasteiger partial charge in [-0.2, -0.15) is 0 Å². The number of carbonyl (C=O) groups excluding carboxylic acids is 1. The van der Waals surface area contributed by atoms with Crippen LogP contribution in [-0.2, 0) is 22.4 Å². The summed E-state index contributed by atoms with van der Waals surface area (Å²) in [5.41, 5.74) is 3.84. The van der Waals surface area contributed by atoms with Gasteiger partial charge in [0.1, 0.15) is 0 Å². The van der Waals surface area contributed by atoms with E-state index < -0.39 is 5.97 Å². The lowest BCUT2D eigenvalue weighted by atomic mass is 10.1. The van der Waals surface area contributed by atoms with Crippen LogP contribution in [0.4, 0.5) is 11.4 Å². The van der Waals surface area contributed by atoms with Crippen LogP contribution in [-0.4, -0.2) is 31.1 Å². The second-order valence-electron chi connectivity index (χ2n) is 6.21. The van der Waals surface area contributed by atoms with E-state index in [1.807, 2.05) is 61.5 Å². The lowest BCUT2D eigenvalue weighted by Gasteiger charge is -2.13. The number of carbonyl (C=O) groups is 2. The van der Waals surface area contributed by atoms with Crippen molar-refractivity contribution >= 4 is 23.3 Å². The van der Waals surface area contributed by atoms with E-state index in [9.17, 15) is 9.59 Å². The Labute approximate surface area is 148 Å². The maximum atomic E-state index is 12.2. The summed E-state index contributed by atoms with van der Waals surface area (Å²) < 4.78 is 0.